The molecule has 29 heavy (non-hydrogen) atoms. The van der Waals surface area contributed by atoms with Gasteiger partial charge in [0.05, 0.1) is 11.9 Å². The van der Waals surface area contributed by atoms with Crippen molar-refractivity contribution in [3.8, 4) is 6.07 Å². The van der Waals surface area contributed by atoms with Crippen molar-refractivity contribution in [3.63, 3.8) is 0 Å². The van der Waals surface area contributed by atoms with Gasteiger partial charge in [-0.3, -0.25) is 0 Å². The van der Waals surface area contributed by atoms with Gasteiger partial charge in [-0.2, -0.15) is 5.26 Å². The van der Waals surface area contributed by atoms with Gasteiger partial charge in [0.2, 0.25) is 0 Å². The number of halogens is 2. The van der Waals surface area contributed by atoms with Gasteiger partial charge in [0.1, 0.15) is 40.7 Å². The number of nitriles is 1. The Hall–Kier alpha value is -3.44. The molecule has 0 saturated carbocycles. The van der Waals surface area contributed by atoms with Gasteiger partial charge in [0.15, 0.2) is 5.82 Å². The highest BCUT2D eigenvalue weighted by Gasteiger charge is 2.21. The molecule has 1 aliphatic heterocycles. The second kappa shape index (κ2) is 7.89. The van der Waals surface area contributed by atoms with Gasteiger partial charge < -0.3 is 4.74 Å². The van der Waals surface area contributed by atoms with E-state index in [-0.39, 0.29) is 24.1 Å². The molecule has 0 unspecified atom stereocenters. The lowest BCUT2D eigenvalue weighted by Gasteiger charge is -2.13. The van der Waals surface area contributed by atoms with Gasteiger partial charge in [0, 0.05) is 5.56 Å². The predicted octanol–water partition coefficient (Wildman–Crippen LogP) is 4.86. The van der Waals surface area contributed by atoms with Crippen LogP contribution in [0.3, 0.4) is 0 Å². The van der Waals surface area contributed by atoms with Crippen molar-refractivity contribution >= 4 is 35.3 Å². The predicted molar refractivity (Wildman–Crippen MR) is 108 cm³/mol. The van der Waals surface area contributed by atoms with Crippen LogP contribution < -0.4 is 0 Å². The molecule has 0 aliphatic carbocycles. The number of nitrogens with zero attached hydrogens (tertiary/aromatic N) is 4. The van der Waals surface area contributed by atoms with Crippen molar-refractivity contribution in [1.29, 1.82) is 5.26 Å². The molecule has 4 rings (SSSR count). The molecular weight excluding hydrogens is 394 g/mol. The highest BCUT2D eigenvalue weighted by molar-refractivity contribution is 7.98. The molecule has 1 aromatic heterocycles. The highest BCUT2D eigenvalue weighted by Crippen LogP contribution is 2.32. The number of benzene rings is 2. The van der Waals surface area contributed by atoms with E-state index < -0.39 is 0 Å². The molecule has 0 spiro atoms. The number of hydrogen-bond donors (Lipinski definition) is 0. The maximum atomic E-state index is 13.4. The number of fused-ring (bicyclic) bond motifs is 2. The molecule has 2 aromatic carbocycles. The first-order chi connectivity index (χ1) is 14.1. The second-order valence-electron chi connectivity index (χ2n) is 6.12. The SMILES string of the molecule is CSc1c(C#N)c2nn1/C=C(/c1ccc(F)cc1)OCC(c1ccc(F)cc1)=N2. The van der Waals surface area contributed by atoms with Gasteiger partial charge in [-0.25, -0.2) is 18.5 Å². The summed E-state index contributed by atoms with van der Waals surface area (Å²) in [7, 11) is 0. The van der Waals surface area contributed by atoms with Crippen LogP contribution in [0.25, 0.3) is 12.0 Å². The molecule has 0 amide bonds. The minimum absolute atomic E-state index is 0.0645. The minimum Gasteiger partial charge on any atom is -0.485 e. The van der Waals surface area contributed by atoms with Crippen LogP contribution in [-0.4, -0.2) is 28.4 Å². The summed E-state index contributed by atoms with van der Waals surface area (Å²) in [4.78, 5) is 4.54. The van der Waals surface area contributed by atoms with Gasteiger partial charge in [-0.05, 0) is 48.2 Å². The third-order valence-corrected chi connectivity index (χ3v) is 5.08. The summed E-state index contributed by atoms with van der Waals surface area (Å²) in [5.74, 6) is -0.0206. The molecular formula is C21H14F2N4OS. The largest absolute Gasteiger partial charge is 0.485 e. The number of aliphatic imine (C=N–C) groups is 1. The summed E-state index contributed by atoms with van der Waals surface area (Å²) in [6.07, 6.45) is 3.48. The molecule has 2 heterocycles. The normalized spacial score (nSPS) is 15.1. The van der Waals surface area contributed by atoms with Crippen LogP contribution >= 0.6 is 11.8 Å². The average Bonchev–Trinajstić information content (AvgIpc) is 3.10. The molecule has 3 aromatic rings. The Morgan fingerprint density at radius 2 is 1.66 bits per heavy atom. The first kappa shape index (κ1) is 18.9. The summed E-state index contributed by atoms with van der Waals surface area (Å²) in [5.41, 5.74) is 2.13. The van der Waals surface area contributed by atoms with E-state index in [0.717, 1.165) is 0 Å². The Balaban J connectivity index is 1.88. The zero-order valence-electron chi connectivity index (χ0n) is 15.3. The number of aromatic nitrogens is 2. The lowest BCUT2D eigenvalue weighted by atomic mass is 10.1. The van der Waals surface area contributed by atoms with Crippen molar-refractivity contribution in [1.82, 2.24) is 9.78 Å². The third-order valence-electron chi connectivity index (χ3n) is 4.30. The number of hydrogen-bond acceptors (Lipinski definition) is 5. The first-order valence-corrected chi connectivity index (χ1v) is 9.82. The van der Waals surface area contributed by atoms with Crippen molar-refractivity contribution in [2.45, 2.75) is 5.03 Å². The van der Waals surface area contributed by atoms with Crippen molar-refractivity contribution in [2.75, 3.05) is 12.9 Å². The van der Waals surface area contributed by atoms with E-state index in [9.17, 15) is 14.0 Å². The van der Waals surface area contributed by atoms with Crippen LogP contribution in [0.2, 0.25) is 0 Å². The van der Waals surface area contributed by atoms with E-state index in [2.05, 4.69) is 16.2 Å². The monoisotopic (exact) mass is 408 g/mol. The molecule has 144 valence electrons. The van der Waals surface area contributed by atoms with E-state index in [1.165, 1.54) is 40.7 Å². The van der Waals surface area contributed by atoms with Crippen LogP contribution in [0.4, 0.5) is 14.6 Å². The first-order valence-electron chi connectivity index (χ1n) is 8.59. The number of ether oxygens (including phenoxy) is 1. The third kappa shape index (κ3) is 3.77. The quantitative estimate of drug-likeness (QED) is 0.581. The molecule has 0 saturated heterocycles. The summed E-state index contributed by atoms with van der Waals surface area (Å²) < 4.78 is 34.2. The maximum Gasteiger partial charge on any atom is 0.193 e. The topological polar surface area (TPSA) is 63.2 Å². The molecule has 5 nitrogen and oxygen atoms in total. The molecule has 0 N–H and O–H groups in total. The number of thioether (sulfide) groups is 1. The maximum absolute atomic E-state index is 13.4. The average molecular weight is 408 g/mol. The number of rotatable bonds is 3. The van der Waals surface area contributed by atoms with Crippen molar-refractivity contribution in [3.05, 3.63) is 76.9 Å². The van der Waals surface area contributed by atoms with Crippen molar-refractivity contribution in [2.24, 2.45) is 4.99 Å². The molecule has 8 heteroatoms. The van der Waals surface area contributed by atoms with Crippen LogP contribution in [0.5, 0.6) is 0 Å². The fourth-order valence-corrected chi connectivity index (χ4v) is 3.51. The van der Waals surface area contributed by atoms with E-state index in [1.54, 1.807) is 30.5 Å². The highest BCUT2D eigenvalue weighted by atomic mass is 32.2. The molecule has 0 radical (unpaired) electrons. The molecule has 2 bridgehead atoms. The fraction of sp³-hybridized carbons (Fsp3) is 0.0952. The standard InChI is InChI=1S/C21H14F2N4OS/c1-29-21-17(10-24)20-25-18(13-2-6-15(22)7-3-13)12-28-19(11-27(21)26-20)14-4-8-16(23)9-5-14/h2-9,11H,12H2,1H3/b19-11-,25-18?. The Kier molecular flexibility index (Phi) is 5.14. The Bertz CT molecular complexity index is 1160. The molecule has 0 atom stereocenters. The summed E-state index contributed by atoms with van der Waals surface area (Å²) in [6, 6.07) is 13.9. The Labute approximate surface area is 170 Å². The lowest BCUT2D eigenvalue weighted by molar-refractivity contribution is 0.334. The summed E-state index contributed by atoms with van der Waals surface area (Å²) in [6.45, 7) is 0.0645. The fourth-order valence-electron chi connectivity index (χ4n) is 2.88. The van der Waals surface area contributed by atoms with Crippen molar-refractivity contribution < 1.29 is 13.5 Å². The summed E-state index contributed by atoms with van der Waals surface area (Å²) in [5, 5.41) is 14.7. The van der Waals surface area contributed by atoms with Gasteiger partial charge in [0.25, 0.3) is 0 Å². The van der Waals surface area contributed by atoms with Crippen LogP contribution in [-0.2, 0) is 4.74 Å². The lowest BCUT2D eigenvalue weighted by Crippen LogP contribution is -2.10. The van der Waals surface area contributed by atoms with E-state index in [0.29, 0.717) is 33.2 Å². The Morgan fingerprint density at radius 3 is 2.24 bits per heavy atom. The van der Waals surface area contributed by atoms with E-state index in [4.69, 9.17) is 4.74 Å². The van der Waals surface area contributed by atoms with Crippen LogP contribution in [0, 0.1) is 23.0 Å². The Morgan fingerprint density at radius 1 is 1.03 bits per heavy atom. The van der Waals surface area contributed by atoms with Crippen LogP contribution in [0.15, 0.2) is 58.5 Å². The second-order valence-corrected chi connectivity index (χ2v) is 6.91. The summed E-state index contributed by atoms with van der Waals surface area (Å²) >= 11 is 1.36. The zero-order valence-corrected chi connectivity index (χ0v) is 16.1. The van der Waals surface area contributed by atoms with Gasteiger partial charge >= 0.3 is 0 Å². The molecule has 1 aliphatic rings. The van der Waals surface area contributed by atoms with Crippen LogP contribution in [0.1, 0.15) is 16.7 Å². The zero-order chi connectivity index (χ0) is 20.4. The molecule has 0 fully saturated rings. The smallest absolute Gasteiger partial charge is 0.193 e. The van der Waals surface area contributed by atoms with Gasteiger partial charge in [-0.1, -0.05) is 12.1 Å². The van der Waals surface area contributed by atoms with Gasteiger partial charge in [-0.15, -0.1) is 16.9 Å². The minimum atomic E-state index is -0.364. The van der Waals surface area contributed by atoms with E-state index >= 15 is 0 Å². The van der Waals surface area contributed by atoms with E-state index in [1.807, 2.05) is 6.26 Å².